The molecule has 1 N–H and O–H groups in total. The average molecular weight is 375 g/mol. The van der Waals surface area contributed by atoms with Crippen LogP contribution in [0.2, 0.25) is 0 Å². The molecule has 6 heteroatoms. The van der Waals surface area contributed by atoms with Crippen LogP contribution in [0.4, 0.5) is 5.69 Å². The Morgan fingerprint density at radius 1 is 1.22 bits per heavy atom. The number of aromatic nitrogens is 2. The fourth-order valence-corrected chi connectivity index (χ4v) is 4.49. The number of hydrogen-bond acceptors (Lipinski definition) is 4. The van der Waals surface area contributed by atoms with Crippen LogP contribution in [0.5, 0.6) is 5.75 Å². The van der Waals surface area contributed by atoms with Crippen LogP contribution in [0, 0.1) is 0 Å². The van der Waals surface area contributed by atoms with E-state index in [1.54, 1.807) is 18.9 Å². The van der Waals surface area contributed by atoms with Gasteiger partial charge in [-0.1, -0.05) is 42.1 Å². The van der Waals surface area contributed by atoms with Gasteiger partial charge in [0.2, 0.25) is 0 Å². The number of thioether (sulfide) groups is 1. The van der Waals surface area contributed by atoms with Crippen molar-refractivity contribution in [3.63, 3.8) is 0 Å². The van der Waals surface area contributed by atoms with E-state index in [4.69, 9.17) is 9.72 Å². The van der Waals surface area contributed by atoms with Gasteiger partial charge >= 0.3 is 0 Å². The van der Waals surface area contributed by atoms with E-state index in [0.717, 1.165) is 51.4 Å². The number of imidazole rings is 1. The van der Waals surface area contributed by atoms with Gasteiger partial charge in [-0.15, -0.1) is 0 Å². The lowest BCUT2D eigenvalue weighted by molar-refractivity contribution is -0.110. The fourth-order valence-electron chi connectivity index (χ4n) is 3.53. The molecular formula is C21H17N3O2S. The lowest BCUT2D eigenvalue weighted by atomic mass is 10.0. The lowest BCUT2D eigenvalue weighted by Gasteiger charge is -2.06. The summed E-state index contributed by atoms with van der Waals surface area (Å²) in [4.78, 5) is 17.5. The number of rotatable bonds is 3. The lowest BCUT2D eigenvalue weighted by Crippen LogP contribution is -2.05. The van der Waals surface area contributed by atoms with Crippen molar-refractivity contribution in [3.05, 3.63) is 59.8 Å². The molecule has 0 saturated carbocycles. The largest absolute Gasteiger partial charge is 0.497 e. The number of nitrogens with one attached hydrogen (secondary N) is 1. The molecule has 0 aliphatic carbocycles. The zero-order valence-corrected chi connectivity index (χ0v) is 15.5. The number of ether oxygens (including phenoxy) is 1. The molecule has 0 atom stereocenters. The molecule has 134 valence electrons. The Bertz CT molecular complexity index is 1090. The minimum absolute atomic E-state index is 0.0986. The predicted octanol–water partition coefficient (Wildman–Crippen LogP) is 4.16. The smallest absolute Gasteiger partial charge is 0.256 e. The summed E-state index contributed by atoms with van der Waals surface area (Å²) in [6.07, 6.45) is 1.96. The second kappa shape index (κ2) is 6.32. The highest BCUT2D eigenvalue weighted by atomic mass is 32.2. The minimum Gasteiger partial charge on any atom is -0.497 e. The van der Waals surface area contributed by atoms with Crippen LogP contribution in [-0.4, -0.2) is 28.3 Å². The highest BCUT2D eigenvalue weighted by Crippen LogP contribution is 2.39. The van der Waals surface area contributed by atoms with Crippen molar-refractivity contribution in [1.82, 2.24) is 9.55 Å². The SMILES string of the molecule is COc1ccc2c(c1)/C(=C\c1c(-c3ccccc3)nc3n1CCS3)C(=O)N2. The van der Waals surface area contributed by atoms with E-state index in [9.17, 15) is 4.79 Å². The van der Waals surface area contributed by atoms with E-state index in [1.807, 2.05) is 42.5 Å². The van der Waals surface area contributed by atoms with E-state index in [-0.39, 0.29) is 5.91 Å². The Morgan fingerprint density at radius 3 is 2.89 bits per heavy atom. The maximum Gasteiger partial charge on any atom is 0.256 e. The molecule has 0 saturated heterocycles. The molecular weight excluding hydrogens is 358 g/mol. The van der Waals surface area contributed by atoms with Gasteiger partial charge in [-0.25, -0.2) is 4.98 Å². The summed E-state index contributed by atoms with van der Waals surface area (Å²) >= 11 is 1.75. The molecule has 3 heterocycles. The van der Waals surface area contributed by atoms with Gasteiger partial charge in [0.1, 0.15) is 5.75 Å². The Labute approximate surface area is 161 Å². The molecule has 2 aliphatic heterocycles. The second-order valence-electron chi connectivity index (χ2n) is 6.42. The van der Waals surface area contributed by atoms with E-state index in [2.05, 4.69) is 22.0 Å². The number of amides is 1. The van der Waals surface area contributed by atoms with Crippen molar-refractivity contribution in [2.75, 3.05) is 18.2 Å². The molecule has 0 unspecified atom stereocenters. The van der Waals surface area contributed by atoms with Gasteiger partial charge in [-0.2, -0.15) is 0 Å². The number of benzene rings is 2. The summed E-state index contributed by atoms with van der Waals surface area (Å²) in [5.74, 6) is 1.64. The summed E-state index contributed by atoms with van der Waals surface area (Å²) in [5, 5.41) is 3.95. The normalized spacial score (nSPS) is 16.3. The molecule has 3 aromatic rings. The van der Waals surface area contributed by atoms with Gasteiger partial charge in [-0.3, -0.25) is 4.79 Å². The molecule has 0 radical (unpaired) electrons. The van der Waals surface area contributed by atoms with Crippen molar-refractivity contribution in [2.24, 2.45) is 0 Å². The summed E-state index contributed by atoms with van der Waals surface area (Å²) in [6, 6.07) is 15.7. The zero-order valence-electron chi connectivity index (χ0n) is 14.7. The average Bonchev–Trinajstić information content (AvgIpc) is 3.37. The Hall–Kier alpha value is -2.99. The van der Waals surface area contributed by atoms with E-state index in [1.165, 1.54) is 0 Å². The molecule has 5 rings (SSSR count). The van der Waals surface area contributed by atoms with Gasteiger partial charge in [0.05, 0.1) is 24.1 Å². The third-order valence-electron chi connectivity index (χ3n) is 4.86. The first-order chi connectivity index (χ1) is 13.2. The number of methoxy groups -OCH3 is 1. The van der Waals surface area contributed by atoms with Gasteiger partial charge in [0, 0.05) is 29.1 Å². The highest BCUT2D eigenvalue weighted by molar-refractivity contribution is 7.99. The standard InChI is InChI=1S/C21H17N3O2S/c1-26-14-7-8-17-15(11-14)16(20(25)22-17)12-18-19(13-5-3-2-4-6-13)23-21-24(18)9-10-27-21/h2-8,11-12H,9-10H2,1H3,(H,22,25)/b16-12+. The number of hydrogen-bond donors (Lipinski definition) is 1. The molecule has 1 aromatic heterocycles. The number of fused-ring (bicyclic) bond motifs is 2. The summed E-state index contributed by atoms with van der Waals surface area (Å²) in [7, 11) is 1.63. The van der Waals surface area contributed by atoms with Crippen LogP contribution >= 0.6 is 11.8 Å². The van der Waals surface area contributed by atoms with E-state index < -0.39 is 0 Å². The quantitative estimate of drug-likeness (QED) is 0.699. The zero-order chi connectivity index (χ0) is 18.4. The molecule has 27 heavy (non-hydrogen) atoms. The topological polar surface area (TPSA) is 56.2 Å². The van der Waals surface area contributed by atoms with Crippen LogP contribution in [0.15, 0.2) is 53.7 Å². The van der Waals surface area contributed by atoms with Crippen LogP contribution in [0.3, 0.4) is 0 Å². The molecule has 0 spiro atoms. The Morgan fingerprint density at radius 2 is 2.07 bits per heavy atom. The third kappa shape index (κ3) is 2.64. The summed E-state index contributed by atoms with van der Waals surface area (Å²) < 4.78 is 7.54. The maximum atomic E-state index is 12.6. The van der Waals surface area contributed by atoms with Crippen molar-refractivity contribution in [3.8, 4) is 17.0 Å². The van der Waals surface area contributed by atoms with Crippen LogP contribution < -0.4 is 10.1 Å². The second-order valence-corrected chi connectivity index (χ2v) is 7.48. The highest BCUT2D eigenvalue weighted by Gasteiger charge is 2.28. The first kappa shape index (κ1) is 16.2. The molecule has 1 amide bonds. The van der Waals surface area contributed by atoms with E-state index >= 15 is 0 Å². The van der Waals surface area contributed by atoms with Crippen molar-refractivity contribution in [2.45, 2.75) is 11.7 Å². The van der Waals surface area contributed by atoms with Crippen molar-refractivity contribution >= 4 is 35.0 Å². The van der Waals surface area contributed by atoms with Gasteiger partial charge in [0.25, 0.3) is 5.91 Å². The van der Waals surface area contributed by atoms with E-state index in [0.29, 0.717) is 5.57 Å². The summed E-state index contributed by atoms with van der Waals surface area (Å²) in [5.41, 5.74) is 5.25. The fraction of sp³-hybridized carbons (Fsp3) is 0.143. The molecule has 0 fully saturated rings. The molecule has 0 bridgehead atoms. The van der Waals surface area contributed by atoms with Gasteiger partial charge in [-0.05, 0) is 24.3 Å². The maximum absolute atomic E-state index is 12.6. The van der Waals surface area contributed by atoms with Crippen LogP contribution in [0.1, 0.15) is 11.3 Å². The minimum atomic E-state index is -0.0986. The molecule has 2 aromatic carbocycles. The Balaban J connectivity index is 1.70. The monoisotopic (exact) mass is 375 g/mol. The first-order valence-electron chi connectivity index (χ1n) is 8.75. The number of nitrogens with zero attached hydrogens (tertiary/aromatic N) is 2. The molecule has 5 nitrogen and oxygen atoms in total. The third-order valence-corrected chi connectivity index (χ3v) is 5.81. The first-order valence-corrected chi connectivity index (χ1v) is 9.73. The number of carbonyl (C=O) groups excluding carboxylic acids is 1. The Kier molecular flexibility index (Phi) is 3.79. The summed E-state index contributed by atoms with van der Waals surface area (Å²) in [6.45, 7) is 0.894. The number of anilines is 1. The van der Waals surface area contributed by atoms with Crippen LogP contribution in [-0.2, 0) is 11.3 Å². The number of carbonyl (C=O) groups is 1. The molecule has 2 aliphatic rings. The van der Waals surface area contributed by atoms with Crippen molar-refractivity contribution < 1.29 is 9.53 Å². The van der Waals surface area contributed by atoms with Crippen LogP contribution in [0.25, 0.3) is 22.9 Å². The predicted molar refractivity (Wildman–Crippen MR) is 108 cm³/mol. The van der Waals surface area contributed by atoms with Gasteiger partial charge < -0.3 is 14.6 Å². The van der Waals surface area contributed by atoms with Crippen molar-refractivity contribution in [1.29, 1.82) is 0 Å². The van der Waals surface area contributed by atoms with Gasteiger partial charge in [0.15, 0.2) is 5.16 Å².